The van der Waals surface area contributed by atoms with Gasteiger partial charge in [0.25, 0.3) is 0 Å². The number of sulfonamides is 1. The zero-order valence-corrected chi connectivity index (χ0v) is 20.0. The summed E-state index contributed by atoms with van der Waals surface area (Å²) in [5, 5.41) is 4.22. The Morgan fingerprint density at radius 3 is 2.11 bits per heavy atom. The number of hydrogen-bond donors (Lipinski definition) is 0. The van der Waals surface area contributed by atoms with E-state index < -0.39 is 55.9 Å². The van der Waals surface area contributed by atoms with Crippen molar-refractivity contribution in [3.05, 3.63) is 46.8 Å². The van der Waals surface area contributed by atoms with E-state index in [1.165, 1.54) is 18.0 Å². The van der Waals surface area contributed by atoms with Crippen molar-refractivity contribution in [2.75, 3.05) is 14.2 Å². The van der Waals surface area contributed by atoms with Gasteiger partial charge in [-0.25, -0.2) is 13.2 Å². The van der Waals surface area contributed by atoms with Crippen molar-refractivity contribution in [3.63, 3.8) is 0 Å². The molecule has 35 heavy (non-hydrogen) atoms. The molecule has 1 aromatic heterocycles. The zero-order chi connectivity index (χ0) is 26.6. The molecule has 0 fully saturated rings. The number of carbonyl (C=O) groups excluding carboxylic acids is 1. The minimum absolute atomic E-state index is 0.128. The number of fused-ring (bicyclic) bond motifs is 1. The molecule has 7 nitrogen and oxygen atoms in total. The standard InChI is InChI=1S/C21H23F6N3O4S/c1-19(2,18(31)34-4)30-17-7-5-6-16(15(17)11-28-30)29(3)35(32,33)14-9-12(20(22,23)24)8-13(10-14)21(25,26)27/h8-11,16H,5-7H2,1-4H3. The fourth-order valence-corrected chi connectivity index (χ4v) is 5.58. The average molecular weight is 527 g/mol. The van der Waals surface area contributed by atoms with Gasteiger partial charge in [-0.3, -0.25) is 4.68 Å². The van der Waals surface area contributed by atoms with Crippen LogP contribution in [0.5, 0.6) is 0 Å². The molecule has 2 aromatic rings. The maximum absolute atomic E-state index is 13.3. The van der Waals surface area contributed by atoms with Crippen LogP contribution in [0.25, 0.3) is 0 Å². The molecule has 3 rings (SSSR count). The SMILES string of the molecule is COC(=O)C(C)(C)n1ncc2c1CCCC2N(C)S(=O)(=O)c1cc(C(F)(F)F)cc(C(F)(F)F)c1. The highest BCUT2D eigenvalue weighted by Gasteiger charge is 2.42. The van der Waals surface area contributed by atoms with Gasteiger partial charge in [-0.2, -0.15) is 35.7 Å². The summed E-state index contributed by atoms with van der Waals surface area (Å²) >= 11 is 0. The van der Waals surface area contributed by atoms with Gasteiger partial charge in [0.2, 0.25) is 10.0 Å². The Bertz CT molecular complexity index is 1200. The average Bonchev–Trinajstić information content (AvgIpc) is 3.21. The highest BCUT2D eigenvalue weighted by atomic mass is 32.2. The van der Waals surface area contributed by atoms with Crippen LogP contribution < -0.4 is 0 Å². The van der Waals surface area contributed by atoms with Gasteiger partial charge in [0.15, 0.2) is 5.54 Å². The van der Waals surface area contributed by atoms with Crippen molar-refractivity contribution in [2.24, 2.45) is 0 Å². The quantitative estimate of drug-likeness (QED) is 0.422. The first-order valence-electron chi connectivity index (χ1n) is 10.4. The third-order valence-corrected chi connectivity index (χ3v) is 7.89. The first kappa shape index (κ1) is 27.0. The second-order valence-electron chi connectivity index (χ2n) is 8.68. The van der Waals surface area contributed by atoms with Gasteiger partial charge in [0, 0.05) is 18.3 Å². The molecule has 0 saturated heterocycles. The lowest BCUT2D eigenvalue weighted by Crippen LogP contribution is -2.40. The van der Waals surface area contributed by atoms with Crippen LogP contribution in [0, 0.1) is 0 Å². The number of aromatic nitrogens is 2. The summed E-state index contributed by atoms with van der Waals surface area (Å²) in [6, 6.07) is -0.672. The predicted molar refractivity (Wildman–Crippen MR) is 111 cm³/mol. The van der Waals surface area contributed by atoms with E-state index >= 15 is 0 Å². The number of carbonyl (C=O) groups is 1. The van der Waals surface area contributed by atoms with Crippen molar-refractivity contribution >= 4 is 16.0 Å². The van der Waals surface area contributed by atoms with Gasteiger partial charge in [-0.05, 0) is 51.3 Å². The van der Waals surface area contributed by atoms with Gasteiger partial charge in [-0.1, -0.05) is 0 Å². The van der Waals surface area contributed by atoms with Crippen LogP contribution in [0.4, 0.5) is 26.3 Å². The molecular formula is C21H23F6N3O4S. The number of nitrogens with zero attached hydrogens (tertiary/aromatic N) is 3. The van der Waals surface area contributed by atoms with E-state index in [1.54, 1.807) is 13.8 Å². The van der Waals surface area contributed by atoms with Crippen LogP contribution in [0.1, 0.15) is 55.1 Å². The minimum atomic E-state index is -5.19. The third-order valence-electron chi connectivity index (χ3n) is 6.04. The van der Waals surface area contributed by atoms with Crippen molar-refractivity contribution in [1.29, 1.82) is 0 Å². The fraction of sp³-hybridized carbons (Fsp3) is 0.524. The number of ether oxygens (including phenoxy) is 1. The number of halogens is 6. The molecular weight excluding hydrogens is 504 g/mol. The van der Waals surface area contributed by atoms with Crippen LogP contribution in [0.2, 0.25) is 0 Å². The summed E-state index contributed by atoms with van der Waals surface area (Å²) in [6.07, 6.45) is -7.91. The maximum Gasteiger partial charge on any atom is 0.416 e. The molecule has 0 amide bonds. The van der Waals surface area contributed by atoms with Gasteiger partial charge >= 0.3 is 18.3 Å². The fourth-order valence-electron chi connectivity index (χ4n) is 4.14. The smallest absolute Gasteiger partial charge is 0.416 e. The number of benzene rings is 1. The van der Waals surface area contributed by atoms with Crippen molar-refractivity contribution in [1.82, 2.24) is 14.1 Å². The third kappa shape index (κ3) is 4.90. The monoisotopic (exact) mass is 527 g/mol. The van der Waals surface area contributed by atoms with E-state index in [4.69, 9.17) is 4.74 Å². The number of alkyl halides is 6. The summed E-state index contributed by atoms with van der Waals surface area (Å²) in [7, 11) is -2.50. The molecule has 194 valence electrons. The topological polar surface area (TPSA) is 81.5 Å². The normalized spacial score (nSPS) is 17.4. The van der Waals surface area contributed by atoms with Crippen molar-refractivity contribution < 1.29 is 44.3 Å². The van der Waals surface area contributed by atoms with Crippen LogP contribution in [0.15, 0.2) is 29.3 Å². The predicted octanol–water partition coefficient (Wildman–Crippen LogP) is 4.53. The Kier molecular flexibility index (Phi) is 6.79. The molecule has 1 aromatic carbocycles. The molecule has 1 unspecified atom stereocenters. The molecule has 1 heterocycles. The van der Waals surface area contributed by atoms with Crippen LogP contribution in [-0.2, 0) is 43.9 Å². The Hall–Kier alpha value is -2.61. The second-order valence-corrected chi connectivity index (χ2v) is 10.7. The first-order chi connectivity index (χ1) is 15.9. The maximum atomic E-state index is 13.3. The van der Waals surface area contributed by atoms with E-state index in [0.29, 0.717) is 24.1 Å². The molecule has 0 aliphatic heterocycles. The summed E-state index contributed by atoms with van der Waals surface area (Å²) in [4.78, 5) is 11.1. The summed E-state index contributed by atoms with van der Waals surface area (Å²) < 4.78 is 113. The molecule has 14 heteroatoms. The molecule has 0 bridgehead atoms. The number of esters is 1. The second kappa shape index (κ2) is 8.80. The molecule has 1 aliphatic rings. The Morgan fingerprint density at radius 2 is 1.63 bits per heavy atom. The Labute approximate surface area is 197 Å². The molecule has 0 N–H and O–H groups in total. The Balaban J connectivity index is 2.09. The lowest BCUT2D eigenvalue weighted by Gasteiger charge is -2.32. The highest BCUT2D eigenvalue weighted by Crippen LogP contribution is 2.41. The number of hydrogen-bond acceptors (Lipinski definition) is 5. The Morgan fingerprint density at radius 1 is 1.09 bits per heavy atom. The van der Waals surface area contributed by atoms with Crippen molar-refractivity contribution in [2.45, 2.75) is 61.9 Å². The molecule has 0 saturated carbocycles. The van der Waals surface area contributed by atoms with Gasteiger partial charge < -0.3 is 4.74 Å². The first-order valence-corrected chi connectivity index (χ1v) is 11.8. The van der Waals surface area contributed by atoms with Crippen LogP contribution in [0.3, 0.4) is 0 Å². The largest absolute Gasteiger partial charge is 0.467 e. The minimum Gasteiger partial charge on any atom is -0.467 e. The summed E-state index contributed by atoms with van der Waals surface area (Å²) in [5.74, 6) is -0.602. The molecule has 0 radical (unpaired) electrons. The lowest BCUT2D eigenvalue weighted by molar-refractivity contribution is -0.150. The van der Waals surface area contributed by atoms with E-state index in [9.17, 15) is 39.6 Å². The highest BCUT2D eigenvalue weighted by molar-refractivity contribution is 7.89. The van der Waals surface area contributed by atoms with Gasteiger partial charge in [0.05, 0.1) is 35.4 Å². The number of methoxy groups -OCH3 is 1. The summed E-state index contributed by atoms with van der Waals surface area (Å²) in [5.41, 5.74) is -3.75. The van der Waals surface area contributed by atoms with Crippen LogP contribution in [-0.4, -0.2) is 42.6 Å². The lowest BCUT2D eigenvalue weighted by atomic mass is 9.92. The van der Waals surface area contributed by atoms with E-state index in [1.807, 2.05) is 0 Å². The number of rotatable bonds is 5. The van der Waals surface area contributed by atoms with E-state index in [-0.39, 0.29) is 24.6 Å². The summed E-state index contributed by atoms with van der Waals surface area (Å²) in [6.45, 7) is 3.11. The molecule has 1 atom stereocenters. The van der Waals surface area contributed by atoms with Gasteiger partial charge in [-0.15, -0.1) is 0 Å². The molecule has 0 spiro atoms. The van der Waals surface area contributed by atoms with Gasteiger partial charge in [0.1, 0.15) is 0 Å². The van der Waals surface area contributed by atoms with Crippen LogP contribution >= 0.6 is 0 Å². The van der Waals surface area contributed by atoms with E-state index in [2.05, 4.69) is 5.10 Å². The van der Waals surface area contributed by atoms with Crippen molar-refractivity contribution in [3.8, 4) is 0 Å². The zero-order valence-electron chi connectivity index (χ0n) is 19.2. The van der Waals surface area contributed by atoms with E-state index in [0.717, 1.165) is 11.4 Å². The molecule has 1 aliphatic carbocycles.